The van der Waals surface area contributed by atoms with Crippen LogP contribution in [0.1, 0.15) is 49.1 Å². The van der Waals surface area contributed by atoms with E-state index >= 15 is 8.78 Å². The molecule has 0 amide bonds. The Bertz CT molecular complexity index is 2190. The van der Waals surface area contributed by atoms with Crippen LogP contribution < -0.4 is 19.3 Å². The van der Waals surface area contributed by atoms with Crippen molar-refractivity contribution in [1.29, 1.82) is 0 Å². The zero-order valence-electron chi connectivity index (χ0n) is 29.5. The van der Waals surface area contributed by atoms with Gasteiger partial charge >= 0.3 is 179 Å². The average Bonchev–Trinajstić information content (AvgIpc) is 3.67. The summed E-state index contributed by atoms with van der Waals surface area (Å²) >= 11 is -1.72. The Hall–Kier alpha value is -4.65. The van der Waals surface area contributed by atoms with Gasteiger partial charge in [0.05, 0.1) is 0 Å². The van der Waals surface area contributed by atoms with Crippen molar-refractivity contribution in [2.45, 2.75) is 61.2 Å². The molecule has 1 radical (unpaired) electrons. The van der Waals surface area contributed by atoms with Crippen LogP contribution in [0.25, 0.3) is 33.4 Å². The Kier molecular flexibility index (Phi) is 11.1. The van der Waals surface area contributed by atoms with Gasteiger partial charge in [0.1, 0.15) is 0 Å². The summed E-state index contributed by atoms with van der Waals surface area (Å²) in [6.45, 7) is 9.55. The topological polar surface area (TPSA) is 87.6 Å². The molecule has 7 rings (SSSR count). The molecule has 1 aliphatic rings. The second kappa shape index (κ2) is 15.7. The van der Waals surface area contributed by atoms with Crippen molar-refractivity contribution in [3.8, 4) is 22.5 Å². The minimum absolute atomic E-state index is 0.00136. The first-order chi connectivity index (χ1) is 24.6. The molecule has 51 heavy (non-hydrogen) atoms. The Morgan fingerprint density at radius 1 is 0.922 bits per heavy atom. The molecule has 0 atom stereocenters. The Morgan fingerprint density at radius 3 is 2.39 bits per heavy atom. The Balaban J connectivity index is 0.00000107. The third-order valence-corrected chi connectivity index (χ3v) is 14.9. The molecule has 0 spiro atoms. The molecule has 1 aliphatic carbocycles. The molecule has 0 unspecified atom stereocenters. The van der Waals surface area contributed by atoms with E-state index in [4.69, 9.17) is 4.98 Å². The fraction of sp³-hybridized carbons (Fsp3) is 0.244. The number of H-pyrrole nitrogens is 1. The fourth-order valence-electron chi connectivity index (χ4n) is 6.07. The van der Waals surface area contributed by atoms with E-state index in [9.17, 15) is 4.79 Å². The van der Waals surface area contributed by atoms with Crippen LogP contribution in [0.2, 0.25) is 8.97 Å². The predicted molar refractivity (Wildman–Crippen MR) is 206 cm³/mol. The van der Waals surface area contributed by atoms with Crippen molar-refractivity contribution in [2.24, 2.45) is 0 Å². The van der Waals surface area contributed by atoms with Crippen LogP contribution in [0.15, 0.2) is 115 Å². The fourth-order valence-corrected chi connectivity index (χ4v) is 9.31. The van der Waals surface area contributed by atoms with E-state index in [-0.39, 0.29) is 29.8 Å². The smallest absolute Gasteiger partial charge is 0.264 e. The number of allylic oxidation sites excluding steroid dienone is 1. The van der Waals surface area contributed by atoms with Crippen LogP contribution in [0.3, 0.4) is 0 Å². The van der Waals surface area contributed by atoms with E-state index in [0.29, 0.717) is 34.9 Å². The summed E-state index contributed by atoms with van der Waals surface area (Å²) in [4.78, 5) is 26.3. The maximum absolute atomic E-state index is 15.1. The van der Waals surface area contributed by atoms with E-state index in [2.05, 4.69) is 62.1 Å². The van der Waals surface area contributed by atoms with E-state index in [0.717, 1.165) is 27.7 Å². The number of fused-ring (bicyclic) bond motifs is 4. The summed E-state index contributed by atoms with van der Waals surface area (Å²) in [5, 5.41) is 7.59. The first kappa shape index (κ1) is 36.2. The molecule has 3 heterocycles. The van der Waals surface area contributed by atoms with Gasteiger partial charge in [0.25, 0.3) is 5.92 Å². The zero-order valence-corrected chi connectivity index (χ0v) is 33.4. The van der Waals surface area contributed by atoms with Gasteiger partial charge < -0.3 is 0 Å². The first-order valence-electron chi connectivity index (χ1n) is 17.3. The molecule has 10 heteroatoms. The van der Waals surface area contributed by atoms with Gasteiger partial charge in [-0.25, -0.2) is 0 Å². The van der Waals surface area contributed by atoms with Crippen LogP contribution in [0.4, 0.5) is 14.5 Å². The molecule has 0 saturated carbocycles. The molecule has 261 valence electrons. The van der Waals surface area contributed by atoms with Gasteiger partial charge in [0.15, 0.2) is 0 Å². The molecule has 3 aromatic heterocycles. The van der Waals surface area contributed by atoms with Crippen molar-refractivity contribution in [3.63, 3.8) is 0 Å². The minimum atomic E-state index is -3.04. The minimum Gasteiger partial charge on any atom is -0.264 e. The van der Waals surface area contributed by atoms with Gasteiger partial charge in [-0.05, 0) is 17.2 Å². The number of aromatic nitrogens is 4. The van der Waals surface area contributed by atoms with Crippen LogP contribution in [-0.2, 0) is 25.6 Å². The van der Waals surface area contributed by atoms with Crippen molar-refractivity contribution in [3.05, 3.63) is 142 Å². The quantitative estimate of drug-likeness (QED) is 0.114. The van der Waals surface area contributed by atoms with Crippen molar-refractivity contribution in [2.75, 3.05) is 5.32 Å². The van der Waals surface area contributed by atoms with Crippen molar-refractivity contribution >= 4 is 42.4 Å². The van der Waals surface area contributed by atoms with E-state index in [1.807, 2.05) is 30.5 Å². The number of hydrogen-bond acceptors (Lipinski definition) is 5. The average molecular weight is 881 g/mol. The standard InChI is InChI=1S/C35H27F2N6O.C4H10.2CH3.Pb/c1-22(39-19-26-16-25-18-38-14-13-31(25)42-26)21-43-33(24-7-3-2-4-8-24)41-20-32(34(43)44)40-17-23-11-12-30-28(15-23)27-9-5-6-10-29(27)35(30,36)37;1-3-4-2;;;/h3-16,18,20,39-40,42H,1,17,19,21H2;3-4H2,1-2H3;2*1H3;. The van der Waals surface area contributed by atoms with Gasteiger partial charge in [0.2, 0.25) is 0 Å². The molecular weight excluding hydrogens is 838 g/mol. The number of benzene rings is 3. The van der Waals surface area contributed by atoms with E-state index < -0.39 is 28.6 Å². The van der Waals surface area contributed by atoms with Gasteiger partial charge in [-0.2, -0.15) is 8.78 Å². The molecule has 7 nitrogen and oxygen atoms in total. The number of rotatable bonds is 11. The number of hydrogen-bond donors (Lipinski definition) is 3. The van der Waals surface area contributed by atoms with Crippen molar-refractivity contribution in [1.82, 2.24) is 24.8 Å². The van der Waals surface area contributed by atoms with Crippen LogP contribution in [-0.4, -0.2) is 42.2 Å². The Morgan fingerprint density at radius 2 is 1.67 bits per heavy atom. The molecule has 0 saturated heterocycles. The SMILES string of the molecule is C=C(Cn1c(-c2cc[c]([Pb]([CH3])[CH3])cc2)ncc(NCc2ccc3c(c2)-c2ccccc2C3(F)F)c1=O)NCc1cc2cnccc2[nH]1.CCCC. The van der Waals surface area contributed by atoms with Crippen LogP contribution in [0.5, 0.6) is 0 Å². The third kappa shape index (κ3) is 7.83. The molecular formula is C41H43F2N6OPb. The van der Waals surface area contributed by atoms with Gasteiger partial charge in [-0.1, -0.05) is 57.0 Å². The number of unbranched alkanes of at least 4 members (excludes halogenated alkanes) is 1. The summed E-state index contributed by atoms with van der Waals surface area (Å²) in [7, 11) is 0. The number of halogens is 2. The monoisotopic (exact) mass is 881 g/mol. The second-order valence-corrected chi connectivity index (χ2v) is 23.1. The number of nitrogens with zero attached hydrogens (tertiary/aromatic N) is 3. The molecule has 0 aliphatic heterocycles. The third-order valence-electron chi connectivity index (χ3n) is 9.08. The van der Waals surface area contributed by atoms with Crippen LogP contribution in [0, 0.1) is 0 Å². The van der Waals surface area contributed by atoms with Gasteiger partial charge in [0, 0.05) is 34.4 Å². The molecule has 0 bridgehead atoms. The summed E-state index contributed by atoms with van der Waals surface area (Å²) < 4.78 is 37.9. The summed E-state index contributed by atoms with van der Waals surface area (Å²) in [5.41, 5.74) is 5.37. The first-order valence-corrected chi connectivity index (χ1v) is 27.0. The van der Waals surface area contributed by atoms with Crippen molar-refractivity contribution < 1.29 is 8.78 Å². The molecule has 3 N–H and O–H groups in total. The zero-order chi connectivity index (χ0) is 36.1. The summed E-state index contributed by atoms with van der Waals surface area (Å²) in [5.74, 6) is -2.49. The maximum atomic E-state index is 15.1. The predicted octanol–water partition coefficient (Wildman–Crippen LogP) is 8.59. The number of alkyl halides is 2. The number of pyridine rings is 1. The molecule has 6 aromatic rings. The normalized spacial score (nSPS) is 12.6. The van der Waals surface area contributed by atoms with Crippen LogP contribution >= 0.6 is 0 Å². The number of anilines is 1. The second-order valence-electron chi connectivity index (χ2n) is 13.0. The van der Waals surface area contributed by atoms with Gasteiger partial charge in [-0.15, -0.1) is 0 Å². The number of aromatic amines is 1. The summed E-state index contributed by atoms with van der Waals surface area (Å²) in [6, 6.07) is 23.9. The number of nitrogens with one attached hydrogen (secondary N) is 3. The molecule has 0 fully saturated rings. The van der Waals surface area contributed by atoms with E-state index in [1.54, 1.807) is 47.3 Å². The summed E-state index contributed by atoms with van der Waals surface area (Å²) in [6.07, 6.45) is 7.75. The molecule has 3 aromatic carbocycles. The van der Waals surface area contributed by atoms with E-state index in [1.165, 1.54) is 28.1 Å². The Labute approximate surface area is 306 Å². The van der Waals surface area contributed by atoms with Gasteiger partial charge in [-0.3, -0.25) is 4.98 Å².